The molecule has 6 heteroatoms. The summed E-state index contributed by atoms with van der Waals surface area (Å²) in [7, 11) is 0. The van der Waals surface area contributed by atoms with E-state index in [1.54, 1.807) is 17.9 Å². The minimum atomic E-state index is -0.909. The molecule has 0 spiro atoms. The SMILES string of the molecule is CC(C)C(C)(O)CNC(=O)C1CCN(C(=O)c2ccoc2)CC1. The molecule has 1 fully saturated rings. The minimum absolute atomic E-state index is 0.0404. The lowest BCUT2D eigenvalue weighted by molar-refractivity contribution is -0.127. The maximum Gasteiger partial charge on any atom is 0.257 e. The molecule has 1 atom stereocenters. The molecule has 2 rings (SSSR count). The zero-order chi connectivity index (χ0) is 17.0. The number of hydrogen-bond acceptors (Lipinski definition) is 4. The third-order valence-corrected chi connectivity index (χ3v) is 4.79. The first kappa shape index (κ1) is 17.5. The highest BCUT2D eigenvalue weighted by Gasteiger charge is 2.30. The van der Waals surface area contributed by atoms with Crippen LogP contribution >= 0.6 is 0 Å². The van der Waals surface area contributed by atoms with E-state index in [9.17, 15) is 14.7 Å². The first-order valence-corrected chi connectivity index (χ1v) is 8.13. The van der Waals surface area contributed by atoms with Crippen molar-refractivity contribution >= 4 is 11.8 Å². The molecule has 0 aromatic carbocycles. The van der Waals surface area contributed by atoms with Gasteiger partial charge in [0.25, 0.3) is 5.91 Å². The molecule has 1 aliphatic rings. The fraction of sp³-hybridized carbons (Fsp3) is 0.647. The lowest BCUT2D eigenvalue weighted by Gasteiger charge is -2.32. The second-order valence-electron chi connectivity index (χ2n) is 6.81. The third kappa shape index (κ3) is 4.34. The molecular formula is C17H26N2O4. The molecule has 6 nitrogen and oxygen atoms in total. The van der Waals surface area contributed by atoms with E-state index in [0.29, 0.717) is 31.5 Å². The number of likely N-dealkylation sites (tertiary alicyclic amines) is 1. The second kappa shape index (κ2) is 7.17. The van der Waals surface area contributed by atoms with Crippen LogP contribution in [0.5, 0.6) is 0 Å². The van der Waals surface area contributed by atoms with E-state index in [1.165, 1.54) is 12.5 Å². The Morgan fingerprint density at radius 3 is 2.61 bits per heavy atom. The van der Waals surface area contributed by atoms with Gasteiger partial charge in [0, 0.05) is 25.6 Å². The summed E-state index contributed by atoms with van der Waals surface area (Å²) in [5.74, 6) is -0.134. The second-order valence-corrected chi connectivity index (χ2v) is 6.81. The van der Waals surface area contributed by atoms with Crippen LogP contribution in [0.3, 0.4) is 0 Å². The molecule has 1 unspecified atom stereocenters. The van der Waals surface area contributed by atoms with E-state index in [4.69, 9.17) is 4.42 Å². The molecule has 23 heavy (non-hydrogen) atoms. The zero-order valence-corrected chi connectivity index (χ0v) is 14.0. The van der Waals surface area contributed by atoms with Crippen molar-refractivity contribution < 1.29 is 19.1 Å². The highest BCUT2D eigenvalue weighted by Crippen LogP contribution is 2.20. The molecule has 1 aromatic rings. The normalized spacial score (nSPS) is 18.7. The Kier molecular flexibility index (Phi) is 5.46. The molecule has 2 N–H and O–H groups in total. The maximum atomic E-state index is 12.2. The van der Waals surface area contributed by atoms with Crippen LogP contribution in [-0.2, 0) is 4.79 Å². The van der Waals surface area contributed by atoms with Crippen LogP contribution in [0, 0.1) is 11.8 Å². The van der Waals surface area contributed by atoms with E-state index in [2.05, 4.69) is 5.32 Å². The molecule has 0 aliphatic carbocycles. The Balaban J connectivity index is 1.80. The number of rotatable bonds is 5. The van der Waals surface area contributed by atoms with Gasteiger partial charge in [-0.25, -0.2) is 0 Å². The standard InChI is InChI=1S/C17H26N2O4/c1-12(2)17(3,22)11-18-15(20)13-4-7-19(8-5-13)16(21)14-6-9-23-10-14/h6,9-10,12-13,22H,4-5,7-8,11H2,1-3H3,(H,18,20). The number of carbonyl (C=O) groups excluding carboxylic acids is 2. The molecule has 0 saturated carbocycles. The number of nitrogens with one attached hydrogen (secondary N) is 1. The van der Waals surface area contributed by atoms with Gasteiger partial charge >= 0.3 is 0 Å². The van der Waals surface area contributed by atoms with Gasteiger partial charge in [0.2, 0.25) is 5.91 Å². The lowest BCUT2D eigenvalue weighted by Crippen LogP contribution is -2.48. The summed E-state index contributed by atoms with van der Waals surface area (Å²) in [6.45, 7) is 6.94. The van der Waals surface area contributed by atoms with Crippen LogP contribution in [-0.4, -0.2) is 47.1 Å². The number of piperidine rings is 1. The average Bonchev–Trinajstić information content (AvgIpc) is 3.06. The number of hydrogen-bond donors (Lipinski definition) is 2. The molecule has 2 amide bonds. The van der Waals surface area contributed by atoms with Crippen LogP contribution in [0.15, 0.2) is 23.0 Å². The van der Waals surface area contributed by atoms with Crippen molar-refractivity contribution in [3.05, 3.63) is 24.2 Å². The Bertz CT molecular complexity index is 529. The smallest absolute Gasteiger partial charge is 0.257 e. The highest BCUT2D eigenvalue weighted by atomic mass is 16.3. The van der Waals surface area contributed by atoms with E-state index < -0.39 is 5.60 Å². The third-order valence-electron chi connectivity index (χ3n) is 4.79. The van der Waals surface area contributed by atoms with Gasteiger partial charge in [0.05, 0.1) is 17.4 Å². The summed E-state index contributed by atoms with van der Waals surface area (Å²) >= 11 is 0. The number of carbonyl (C=O) groups is 2. The van der Waals surface area contributed by atoms with E-state index in [0.717, 1.165) is 0 Å². The molecule has 0 radical (unpaired) electrons. The van der Waals surface area contributed by atoms with Gasteiger partial charge in [-0.2, -0.15) is 0 Å². The van der Waals surface area contributed by atoms with Crippen molar-refractivity contribution in [2.45, 2.75) is 39.2 Å². The molecule has 0 bridgehead atoms. The summed E-state index contributed by atoms with van der Waals surface area (Å²) < 4.78 is 4.93. The topological polar surface area (TPSA) is 82.8 Å². The number of nitrogens with zero attached hydrogens (tertiary/aromatic N) is 1. The lowest BCUT2D eigenvalue weighted by atomic mass is 9.91. The quantitative estimate of drug-likeness (QED) is 0.863. The summed E-state index contributed by atoms with van der Waals surface area (Å²) in [6, 6.07) is 1.65. The molecule has 1 aromatic heterocycles. The predicted octanol–water partition coefficient (Wildman–Crippen LogP) is 1.65. The van der Waals surface area contributed by atoms with Gasteiger partial charge in [0.1, 0.15) is 6.26 Å². The molecule has 1 saturated heterocycles. The van der Waals surface area contributed by atoms with Gasteiger partial charge in [-0.15, -0.1) is 0 Å². The first-order chi connectivity index (χ1) is 10.8. The Hall–Kier alpha value is -1.82. The zero-order valence-electron chi connectivity index (χ0n) is 14.0. The van der Waals surface area contributed by atoms with Crippen LogP contribution in [0.4, 0.5) is 0 Å². The largest absolute Gasteiger partial charge is 0.472 e. The predicted molar refractivity (Wildman–Crippen MR) is 85.8 cm³/mol. The fourth-order valence-corrected chi connectivity index (χ4v) is 2.53. The van der Waals surface area contributed by atoms with Crippen molar-refractivity contribution in [1.29, 1.82) is 0 Å². The maximum absolute atomic E-state index is 12.2. The average molecular weight is 322 g/mol. The minimum Gasteiger partial charge on any atom is -0.472 e. The van der Waals surface area contributed by atoms with Gasteiger partial charge in [-0.3, -0.25) is 9.59 Å². The Morgan fingerprint density at radius 1 is 1.43 bits per heavy atom. The van der Waals surface area contributed by atoms with Crippen molar-refractivity contribution in [3.8, 4) is 0 Å². The van der Waals surface area contributed by atoms with Gasteiger partial charge in [0.15, 0.2) is 0 Å². The van der Waals surface area contributed by atoms with E-state index >= 15 is 0 Å². The number of furan rings is 1. The molecule has 128 valence electrons. The van der Waals surface area contributed by atoms with E-state index in [-0.39, 0.29) is 30.2 Å². The monoisotopic (exact) mass is 322 g/mol. The highest BCUT2D eigenvalue weighted by molar-refractivity contribution is 5.94. The summed E-state index contributed by atoms with van der Waals surface area (Å²) in [6.07, 6.45) is 4.20. The van der Waals surface area contributed by atoms with Gasteiger partial charge in [-0.1, -0.05) is 13.8 Å². The molecule has 1 aliphatic heterocycles. The Labute approximate surface area is 136 Å². The van der Waals surface area contributed by atoms with Crippen molar-refractivity contribution in [2.75, 3.05) is 19.6 Å². The molecule has 2 heterocycles. The van der Waals surface area contributed by atoms with Crippen molar-refractivity contribution in [1.82, 2.24) is 10.2 Å². The first-order valence-electron chi connectivity index (χ1n) is 8.13. The summed E-state index contributed by atoms with van der Waals surface area (Å²) in [5, 5.41) is 13.0. The van der Waals surface area contributed by atoms with Gasteiger partial charge in [-0.05, 0) is 31.7 Å². The van der Waals surface area contributed by atoms with Crippen LogP contribution < -0.4 is 5.32 Å². The number of aliphatic hydroxyl groups is 1. The van der Waals surface area contributed by atoms with E-state index in [1.807, 2.05) is 13.8 Å². The van der Waals surface area contributed by atoms with Crippen LogP contribution in [0.1, 0.15) is 44.0 Å². The van der Waals surface area contributed by atoms with Crippen molar-refractivity contribution in [2.24, 2.45) is 11.8 Å². The number of amides is 2. The van der Waals surface area contributed by atoms with Crippen LogP contribution in [0.2, 0.25) is 0 Å². The molecular weight excluding hydrogens is 296 g/mol. The summed E-state index contributed by atoms with van der Waals surface area (Å²) in [4.78, 5) is 26.2. The van der Waals surface area contributed by atoms with Crippen molar-refractivity contribution in [3.63, 3.8) is 0 Å². The summed E-state index contributed by atoms with van der Waals surface area (Å²) in [5.41, 5.74) is -0.367. The van der Waals surface area contributed by atoms with Crippen LogP contribution in [0.25, 0.3) is 0 Å². The fourth-order valence-electron chi connectivity index (χ4n) is 2.53. The Morgan fingerprint density at radius 2 is 2.09 bits per heavy atom. The van der Waals surface area contributed by atoms with Gasteiger partial charge < -0.3 is 19.7 Å².